The summed E-state index contributed by atoms with van der Waals surface area (Å²) in [5.74, 6) is 0. The Morgan fingerprint density at radius 3 is 2.09 bits per heavy atom. The van der Waals surface area contributed by atoms with Gasteiger partial charge in [-0.05, 0) is 61.0 Å². The Hall–Kier alpha value is -1.86. The summed E-state index contributed by atoms with van der Waals surface area (Å²) in [7, 11) is 0. The second-order valence-corrected chi connectivity index (χ2v) is 6.49. The molecule has 0 heterocycles. The molecular weight excluding hydrogens is 278 g/mol. The molecule has 120 valence electrons. The Labute approximate surface area is 140 Å². The summed E-state index contributed by atoms with van der Waals surface area (Å²) in [6.45, 7) is 8.32. The van der Waals surface area contributed by atoms with Gasteiger partial charge >= 0.3 is 0 Å². The molecule has 23 heavy (non-hydrogen) atoms. The van der Waals surface area contributed by atoms with Gasteiger partial charge in [-0.2, -0.15) is 0 Å². The lowest BCUT2D eigenvalue weighted by Gasteiger charge is -2.36. The van der Waals surface area contributed by atoms with Crippen molar-refractivity contribution in [1.82, 2.24) is 5.32 Å². The van der Waals surface area contributed by atoms with E-state index < -0.39 is 0 Å². The Balaban J connectivity index is 2.18. The summed E-state index contributed by atoms with van der Waals surface area (Å²) in [5, 5.41) is 3.53. The second kappa shape index (κ2) is 7.14. The highest BCUT2D eigenvalue weighted by Crippen LogP contribution is 2.44. The highest BCUT2D eigenvalue weighted by Gasteiger charge is 2.37. The highest BCUT2D eigenvalue weighted by molar-refractivity contribution is 5.50. The molecule has 0 amide bonds. The lowest BCUT2D eigenvalue weighted by atomic mass is 9.68. The van der Waals surface area contributed by atoms with Gasteiger partial charge in [0, 0.05) is 5.41 Å². The number of hydrogen-bond donors (Lipinski definition) is 1. The van der Waals surface area contributed by atoms with E-state index in [1.807, 2.05) is 0 Å². The van der Waals surface area contributed by atoms with E-state index in [1.54, 1.807) is 0 Å². The number of fused-ring (bicyclic) bond motifs is 2. The molecule has 1 heteroatoms. The Morgan fingerprint density at radius 1 is 1.00 bits per heavy atom. The van der Waals surface area contributed by atoms with E-state index in [9.17, 15) is 0 Å². The number of rotatable bonds is 6. The van der Waals surface area contributed by atoms with Crippen LogP contribution in [0.15, 0.2) is 61.2 Å². The summed E-state index contributed by atoms with van der Waals surface area (Å²) >= 11 is 0. The fraction of sp³-hybridized carbons (Fsp3) is 0.364. The molecule has 0 aliphatic heterocycles. The van der Waals surface area contributed by atoms with Gasteiger partial charge in [-0.25, -0.2) is 0 Å². The molecule has 2 aromatic rings. The third kappa shape index (κ3) is 2.98. The standard InChI is InChI=1S/C22H27N/c1-3-15-22(16-17-23-4-2)20-11-7-5-9-18(20)13-14-19-10-6-8-12-21(19)22/h3,5-12,23H,1,4,13-17H2,2H3. The molecule has 0 spiro atoms. The quantitative estimate of drug-likeness (QED) is 0.605. The van der Waals surface area contributed by atoms with Crippen molar-refractivity contribution in [3.63, 3.8) is 0 Å². The van der Waals surface area contributed by atoms with Crippen LogP contribution < -0.4 is 5.32 Å². The van der Waals surface area contributed by atoms with Crippen LogP contribution in [0, 0.1) is 0 Å². The molecule has 0 aromatic heterocycles. The topological polar surface area (TPSA) is 12.0 Å². The van der Waals surface area contributed by atoms with Crippen LogP contribution in [-0.4, -0.2) is 13.1 Å². The van der Waals surface area contributed by atoms with Crippen LogP contribution in [0.2, 0.25) is 0 Å². The van der Waals surface area contributed by atoms with E-state index in [-0.39, 0.29) is 5.41 Å². The van der Waals surface area contributed by atoms with Crippen molar-refractivity contribution < 1.29 is 0 Å². The summed E-state index contributed by atoms with van der Waals surface area (Å²) in [6, 6.07) is 18.0. The summed E-state index contributed by atoms with van der Waals surface area (Å²) in [6.07, 6.45) is 6.47. The maximum atomic E-state index is 4.08. The summed E-state index contributed by atoms with van der Waals surface area (Å²) < 4.78 is 0. The van der Waals surface area contributed by atoms with Gasteiger partial charge in [-0.15, -0.1) is 6.58 Å². The number of nitrogens with one attached hydrogen (secondary N) is 1. The van der Waals surface area contributed by atoms with Crippen LogP contribution in [0.3, 0.4) is 0 Å². The third-order valence-electron chi connectivity index (χ3n) is 5.20. The molecule has 0 radical (unpaired) electrons. The molecule has 0 saturated carbocycles. The Bertz CT molecular complexity index is 624. The molecule has 0 atom stereocenters. The zero-order valence-electron chi connectivity index (χ0n) is 14.1. The fourth-order valence-electron chi connectivity index (χ4n) is 4.14. The van der Waals surface area contributed by atoms with Crippen molar-refractivity contribution in [2.45, 2.75) is 38.0 Å². The first kappa shape index (κ1) is 16.0. The van der Waals surface area contributed by atoms with Crippen molar-refractivity contribution in [2.75, 3.05) is 13.1 Å². The van der Waals surface area contributed by atoms with Crippen molar-refractivity contribution in [2.24, 2.45) is 0 Å². The average molecular weight is 305 g/mol. The van der Waals surface area contributed by atoms with Gasteiger partial charge in [0.05, 0.1) is 0 Å². The smallest absolute Gasteiger partial charge is 0.0254 e. The van der Waals surface area contributed by atoms with Crippen LogP contribution in [0.5, 0.6) is 0 Å². The van der Waals surface area contributed by atoms with Gasteiger partial charge in [0.15, 0.2) is 0 Å². The first-order chi connectivity index (χ1) is 11.3. The van der Waals surface area contributed by atoms with E-state index in [0.29, 0.717) is 0 Å². The van der Waals surface area contributed by atoms with E-state index in [0.717, 1.165) is 38.8 Å². The zero-order valence-corrected chi connectivity index (χ0v) is 14.1. The van der Waals surface area contributed by atoms with Gasteiger partial charge in [0.2, 0.25) is 0 Å². The van der Waals surface area contributed by atoms with Gasteiger partial charge in [0.1, 0.15) is 0 Å². The normalized spacial score (nSPS) is 15.3. The number of benzene rings is 2. The predicted octanol–water partition coefficient (Wildman–Crippen LogP) is 4.65. The van der Waals surface area contributed by atoms with Crippen molar-refractivity contribution in [3.8, 4) is 0 Å². The van der Waals surface area contributed by atoms with Gasteiger partial charge in [-0.1, -0.05) is 61.5 Å². The monoisotopic (exact) mass is 305 g/mol. The second-order valence-electron chi connectivity index (χ2n) is 6.49. The van der Waals surface area contributed by atoms with E-state index in [2.05, 4.69) is 73.4 Å². The molecule has 3 rings (SSSR count). The first-order valence-electron chi connectivity index (χ1n) is 8.80. The van der Waals surface area contributed by atoms with Crippen LogP contribution in [0.25, 0.3) is 0 Å². The first-order valence-corrected chi connectivity index (χ1v) is 8.80. The van der Waals surface area contributed by atoms with Crippen molar-refractivity contribution >= 4 is 0 Å². The molecule has 0 bridgehead atoms. The minimum Gasteiger partial charge on any atom is -0.317 e. The lowest BCUT2D eigenvalue weighted by Crippen LogP contribution is -2.33. The zero-order chi connectivity index (χ0) is 16.1. The molecule has 2 aromatic carbocycles. The Morgan fingerprint density at radius 2 is 1.57 bits per heavy atom. The molecule has 1 N–H and O–H groups in total. The maximum absolute atomic E-state index is 4.08. The molecule has 1 nitrogen and oxygen atoms in total. The van der Waals surface area contributed by atoms with Gasteiger partial charge < -0.3 is 5.32 Å². The third-order valence-corrected chi connectivity index (χ3v) is 5.20. The average Bonchev–Trinajstić information content (AvgIpc) is 2.72. The SMILES string of the molecule is C=CCC1(CCNCC)c2ccccc2CCc2ccccc21. The number of hydrogen-bond acceptors (Lipinski definition) is 1. The molecule has 0 unspecified atom stereocenters. The van der Waals surface area contributed by atoms with Crippen LogP contribution in [0.1, 0.15) is 42.0 Å². The minimum atomic E-state index is 0.0492. The van der Waals surface area contributed by atoms with Crippen molar-refractivity contribution in [1.29, 1.82) is 0 Å². The number of allylic oxidation sites excluding steroid dienone is 1. The van der Waals surface area contributed by atoms with Gasteiger partial charge in [0.25, 0.3) is 0 Å². The van der Waals surface area contributed by atoms with Gasteiger partial charge in [-0.3, -0.25) is 0 Å². The van der Waals surface area contributed by atoms with Crippen LogP contribution >= 0.6 is 0 Å². The van der Waals surface area contributed by atoms with Crippen LogP contribution in [0.4, 0.5) is 0 Å². The predicted molar refractivity (Wildman–Crippen MR) is 99.0 cm³/mol. The molecule has 0 fully saturated rings. The van der Waals surface area contributed by atoms with E-state index in [4.69, 9.17) is 0 Å². The lowest BCUT2D eigenvalue weighted by molar-refractivity contribution is 0.458. The minimum absolute atomic E-state index is 0.0492. The molecular formula is C22H27N. The van der Waals surface area contributed by atoms with E-state index in [1.165, 1.54) is 22.3 Å². The number of aryl methyl sites for hydroxylation is 2. The summed E-state index contributed by atoms with van der Waals surface area (Å²) in [5.41, 5.74) is 6.06. The maximum Gasteiger partial charge on any atom is 0.0254 e. The van der Waals surface area contributed by atoms with Crippen molar-refractivity contribution in [3.05, 3.63) is 83.4 Å². The molecule has 1 aliphatic rings. The summed E-state index contributed by atoms with van der Waals surface area (Å²) in [4.78, 5) is 0. The van der Waals surface area contributed by atoms with Crippen LogP contribution in [-0.2, 0) is 18.3 Å². The largest absolute Gasteiger partial charge is 0.317 e. The highest BCUT2D eigenvalue weighted by atomic mass is 14.8. The van der Waals surface area contributed by atoms with E-state index >= 15 is 0 Å². The molecule has 1 aliphatic carbocycles. The molecule has 0 saturated heterocycles. The fourth-order valence-corrected chi connectivity index (χ4v) is 4.14. The Kier molecular flexibility index (Phi) is 4.97.